The number of halogens is 2. The summed E-state index contributed by atoms with van der Waals surface area (Å²) in [6.45, 7) is 0.664. The van der Waals surface area contributed by atoms with Crippen molar-refractivity contribution < 1.29 is 4.39 Å². The molecule has 1 aromatic carbocycles. The zero-order valence-corrected chi connectivity index (χ0v) is 6.70. The molecule has 0 radical (unpaired) electrons. The summed E-state index contributed by atoms with van der Waals surface area (Å²) in [5.41, 5.74) is 1.87. The fourth-order valence-electron chi connectivity index (χ4n) is 1.25. The van der Waals surface area contributed by atoms with E-state index >= 15 is 0 Å². The fourth-order valence-corrected chi connectivity index (χ4v) is 1.25. The number of benzene rings is 1. The Morgan fingerprint density at radius 2 is 2.09 bits per heavy atom. The van der Waals surface area contributed by atoms with Crippen LogP contribution in [0.25, 0.3) is 0 Å². The van der Waals surface area contributed by atoms with Crippen molar-refractivity contribution in [3.63, 3.8) is 0 Å². The van der Waals surface area contributed by atoms with Gasteiger partial charge in [-0.25, -0.2) is 4.39 Å². The molecule has 1 atom stereocenters. The van der Waals surface area contributed by atoms with Crippen molar-refractivity contribution in [1.82, 2.24) is 5.32 Å². The maximum Gasteiger partial charge on any atom is 0.177 e. The molecule has 0 saturated heterocycles. The Morgan fingerprint density at radius 1 is 1.36 bits per heavy atom. The second-order valence-electron chi connectivity index (χ2n) is 2.44. The third-order valence-corrected chi connectivity index (χ3v) is 1.80. The summed E-state index contributed by atoms with van der Waals surface area (Å²) in [7, 11) is 0. The van der Waals surface area contributed by atoms with Crippen molar-refractivity contribution in [3.05, 3.63) is 35.4 Å². The monoisotopic (exact) mass is 173 g/mol. The van der Waals surface area contributed by atoms with Gasteiger partial charge in [0.1, 0.15) is 0 Å². The van der Waals surface area contributed by atoms with E-state index in [0.29, 0.717) is 6.54 Å². The Balaban J connectivity index is 0.000000605. The highest BCUT2D eigenvalue weighted by Gasteiger charge is 2.19. The van der Waals surface area contributed by atoms with Crippen molar-refractivity contribution in [3.8, 4) is 0 Å². The molecule has 0 aliphatic carbocycles. The lowest BCUT2D eigenvalue weighted by Crippen LogP contribution is -2.05. The van der Waals surface area contributed by atoms with E-state index < -0.39 is 6.30 Å². The SMILES string of the molecule is Cl.FC1NCc2ccccc21. The zero-order valence-electron chi connectivity index (χ0n) is 5.88. The van der Waals surface area contributed by atoms with Crippen molar-refractivity contribution in [2.45, 2.75) is 12.8 Å². The average Bonchev–Trinajstić information content (AvgIpc) is 2.34. The van der Waals surface area contributed by atoms with Crippen molar-refractivity contribution in [2.24, 2.45) is 0 Å². The first kappa shape index (κ1) is 8.50. The van der Waals surface area contributed by atoms with Crippen LogP contribution < -0.4 is 5.32 Å². The molecular formula is C8H9ClFN. The van der Waals surface area contributed by atoms with Gasteiger partial charge in [0.05, 0.1) is 0 Å². The maximum atomic E-state index is 12.8. The Kier molecular flexibility index (Phi) is 2.47. The molecule has 1 aliphatic heterocycles. The van der Waals surface area contributed by atoms with Crippen LogP contribution in [0.15, 0.2) is 24.3 Å². The lowest BCUT2D eigenvalue weighted by Gasteiger charge is -1.97. The molecule has 1 N–H and O–H groups in total. The van der Waals surface area contributed by atoms with E-state index in [9.17, 15) is 4.39 Å². The van der Waals surface area contributed by atoms with E-state index in [1.54, 1.807) is 0 Å². The van der Waals surface area contributed by atoms with Crippen molar-refractivity contribution in [1.29, 1.82) is 0 Å². The van der Waals surface area contributed by atoms with E-state index in [4.69, 9.17) is 0 Å². The summed E-state index contributed by atoms with van der Waals surface area (Å²) in [4.78, 5) is 0. The third kappa shape index (κ3) is 1.37. The van der Waals surface area contributed by atoms with Gasteiger partial charge < -0.3 is 0 Å². The van der Waals surface area contributed by atoms with Gasteiger partial charge in [-0.15, -0.1) is 12.4 Å². The zero-order chi connectivity index (χ0) is 6.97. The van der Waals surface area contributed by atoms with Gasteiger partial charge >= 0.3 is 0 Å². The molecule has 0 bridgehead atoms. The van der Waals surface area contributed by atoms with Crippen LogP contribution in [0, 0.1) is 0 Å². The second-order valence-corrected chi connectivity index (χ2v) is 2.44. The first-order valence-corrected chi connectivity index (χ1v) is 3.33. The van der Waals surface area contributed by atoms with Crippen LogP contribution in [0.3, 0.4) is 0 Å². The smallest absolute Gasteiger partial charge is 0.177 e. The molecule has 60 valence electrons. The van der Waals surface area contributed by atoms with E-state index in [1.807, 2.05) is 24.3 Å². The summed E-state index contributed by atoms with van der Waals surface area (Å²) in [5.74, 6) is 0. The first-order chi connectivity index (χ1) is 4.88. The van der Waals surface area contributed by atoms with Crippen LogP contribution in [-0.2, 0) is 6.54 Å². The molecule has 0 spiro atoms. The number of rotatable bonds is 0. The molecule has 1 heterocycles. The average molecular weight is 174 g/mol. The molecule has 0 amide bonds. The largest absolute Gasteiger partial charge is 0.280 e. The van der Waals surface area contributed by atoms with Gasteiger partial charge in [0.15, 0.2) is 6.30 Å². The standard InChI is InChI=1S/C8H8FN.ClH/c9-8-7-4-2-1-3-6(7)5-10-8;/h1-4,8,10H,5H2;1H. The summed E-state index contributed by atoms with van der Waals surface area (Å²) in [5, 5.41) is 2.72. The summed E-state index contributed by atoms with van der Waals surface area (Å²) < 4.78 is 12.8. The van der Waals surface area contributed by atoms with Crippen molar-refractivity contribution >= 4 is 12.4 Å². The number of hydrogen-bond acceptors (Lipinski definition) is 1. The fraction of sp³-hybridized carbons (Fsp3) is 0.250. The molecule has 1 aliphatic rings. The van der Waals surface area contributed by atoms with Crippen LogP contribution >= 0.6 is 12.4 Å². The number of nitrogens with one attached hydrogen (secondary N) is 1. The topological polar surface area (TPSA) is 12.0 Å². The maximum absolute atomic E-state index is 12.8. The molecule has 1 nitrogen and oxygen atoms in total. The quantitative estimate of drug-likeness (QED) is 0.593. The molecule has 3 heteroatoms. The van der Waals surface area contributed by atoms with Gasteiger partial charge in [0.25, 0.3) is 0 Å². The van der Waals surface area contributed by atoms with Crippen LogP contribution in [0.4, 0.5) is 4.39 Å². The second kappa shape index (κ2) is 3.20. The molecule has 0 aromatic heterocycles. The van der Waals surface area contributed by atoms with Crippen LogP contribution in [0.2, 0.25) is 0 Å². The van der Waals surface area contributed by atoms with Gasteiger partial charge in [-0.05, 0) is 5.56 Å². The van der Waals surface area contributed by atoms with Crippen molar-refractivity contribution in [2.75, 3.05) is 0 Å². The number of alkyl halides is 1. The van der Waals surface area contributed by atoms with E-state index in [0.717, 1.165) is 11.1 Å². The highest BCUT2D eigenvalue weighted by molar-refractivity contribution is 5.85. The minimum absolute atomic E-state index is 0. The molecule has 0 fully saturated rings. The molecular weight excluding hydrogens is 165 g/mol. The number of fused-ring (bicyclic) bond motifs is 1. The van der Waals surface area contributed by atoms with Gasteiger partial charge in [-0.1, -0.05) is 24.3 Å². The highest BCUT2D eigenvalue weighted by atomic mass is 35.5. The lowest BCUT2D eigenvalue weighted by atomic mass is 10.1. The van der Waals surface area contributed by atoms with Gasteiger partial charge in [-0.2, -0.15) is 0 Å². The van der Waals surface area contributed by atoms with Gasteiger partial charge in [0.2, 0.25) is 0 Å². The molecule has 1 unspecified atom stereocenters. The summed E-state index contributed by atoms with van der Waals surface area (Å²) in [6, 6.07) is 7.55. The van der Waals surface area contributed by atoms with Gasteiger partial charge in [0, 0.05) is 12.1 Å². The van der Waals surface area contributed by atoms with Crippen LogP contribution in [-0.4, -0.2) is 0 Å². The minimum Gasteiger partial charge on any atom is -0.280 e. The summed E-state index contributed by atoms with van der Waals surface area (Å²) >= 11 is 0. The number of hydrogen-bond donors (Lipinski definition) is 1. The Hall–Kier alpha value is -0.600. The van der Waals surface area contributed by atoms with Crippen LogP contribution in [0.1, 0.15) is 17.4 Å². The Bertz CT molecular complexity index is 252. The highest BCUT2D eigenvalue weighted by Crippen LogP contribution is 2.24. The lowest BCUT2D eigenvalue weighted by molar-refractivity contribution is 0.301. The van der Waals surface area contributed by atoms with E-state index in [-0.39, 0.29) is 12.4 Å². The minimum atomic E-state index is -0.948. The van der Waals surface area contributed by atoms with Crippen LogP contribution in [0.5, 0.6) is 0 Å². The third-order valence-electron chi connectivity index (χ3n) is 1.80. The molecule has 11 heavy (non-hydrogen) atoms. The summed E-state index contributed by atoms with van der Waals surface area (Å²) in [6.07, 6.45) is -0.948. The Morgan fingerprint density at radius 3 is 2.82 bits per heavy atom. The van der Waals surface area contributed by atoms with Gasteiger partial charge in [-0.3, -0.25) is 5.32 Å². The molecule has 0 saturated carbocycles. The predicted molar refractivity (Wildman–Crippen MR) is 44.4 cm³/mol. The van der Waals surface area contributed by atoms with E-state index in [2.05, 4.69) is 5.32 Å². The molecule has 2 rings (SSSR count). The Labute approximate surface area is 71.0 Å². The first-order valence-electron chi connectivity index (χ1n) is 3.33. The van der Waals surface area contributed by atoms with E-state index in [1.165, 1.54) is 0 Å². The predicted octanol–water partition coefficient (Wildman–Crippen LogP) is 2.18. The molecule has 1 aromatic rings. The normalized spacial score (nSPS) is 20.6.